The largest absolute Gasteiger partial charge is 0.416 e. The number of benzene rings is 2. The van der Waals surface area contributed by atoms with Crippen molar-refractivity contribution in [1.29, 1.82) is 0 Å². The highest BCUT2D eigenvalue weighted by Crippen LogP contribution is 2.50. The molecule has 7 nitrogen and oxygen atoms in total. The van der Waals surface area contributed by atoms with E-state index in [-0.39, 0.29) is 36.6 Å². The number of amides is 1. The number of aryl methyl sites for hydroxylation is 2. The number of carbonyl (C=O) groups is 1. The topological polar surface area (TPSA) is 84.3 Å². The van der Waals surface area contributed by atoms with Crippen molar-refractivity contribution in [3.8, 4) is 0 Å². The Bertz CT molecular complexity index is 1750. The minimum absolute atomic E-state index is 0.0772. The number of carbonyl (C=O) groups excluding carboxylic acids is 1. The van der Waals surface area contributed by atoms with Crippen LogP contribution in [-0.4, -0.2) is 30.1 Å². The van der Waals surface area contributed by atoms with Crippen molar-refractivity contribution >= 4 is 21.6 Å². The van der Waals surface area contributed by atoms with E-state index in [0.717, 1.165) is 36.1 Å². The van der Waals surface area contributed by atoms with E-state index in [9.17, 15) is 30.8 Å². The Balaban J connectivity index is 1.27. The number of anilines is 1. The lowest BCUT2D eigenvalue weighted by Gasteiger charge is -2.29. The first-order valence-electron chi connectivity index (χ1n) is 14.5. The summed E-state index contributed by atoms with van der Waals surface area (Å²) in [5.74, 6) is -0.959. The minimum atomic E-state index is -4.40. The number of halogens is 4. The molecule has 44 heavy (non-hydrogen) atoms. The summed E-state index contributed by atoms with van der Waals surface area (Å²) < 4.78 is 84.5. The van der Waals surface area contributed by atoms with Gasteiger partial charge in [-0.15, -0.1) is 0 Å². The fourth-order valence-electron chi connectivity index (χ4n) is 6.31. The van der Waals surface area contributed by atoms with Crippen LogP contribution in [0, 0.1) is 23.6 Å². The van der Waals surface area contributed by atoms with Crippen LogP contribution >= 0.6 is 0 Å². The van der Waals surface area contributed by atoms with Gasteiger partial charge in [-0.1, -0.05) is 36.4 Å². The summed E-state index contributed by atoms with van der Waals surface area (Å²) in [4.78, 5) is 19.6. The zero-order valence-electron chi connectivity index (χ0n) is 24.0. The summed E-state index contributed by atoms with van der Waals surface area (Å²) in [6.45, 7) is 0.161. The second kappa shape index (κ2) is 11.6. The van der Waals surface area contributed by atoms with Gasteiger partial charge in [0.05, 0.1) is 12.1 Å². The Morgan fingerprint density at radius 1 is 1.18 bits per heavy atom. The fourth-order valence-corrected chi connectivity index (χ4v) is 7.64. The van der Waals surface area contributed by atoms with Gasteiger partial charge in [-0.2, -0.15) is 13.2 Å². The molecule has 2 aromatic carbocycles. The maximum atomic E-state index is 14.4. The van der Waals surface area contributed by atoms with Crippen molar-refractivity contribution < 1.29 is 30.8 Å². The molecule has 3 aliphatic rings. The van der Waals surface area contributed by atoms with Crippen LogP contribution in [0.15, 0.2) is 83.6 Å². The summed E-state index contributed by atoms with van der Waals surface area (Å²) in [5, 5.41) is 0. The highest BCUT2D eigenvalue weighted by molar-refractivity contribution is 7.89. The number of aromatic nitrogens is 2. The third kappa shape index (κ3) is 6.10. The molecule has 1 aromatic heterocycles. The Hall–Kier alpha value is -3.77. The molecular formula is C32H32F4N4O3S. The highest BCUT2D eigenvalue weighted by atomic mass is 32.2. The molecular weight excluding hydrogens is 596 g/mol. The van der Waals surface area contributed by atoms with Crippen molar-refractivity contribution in [2.24, 2.45) is 24.8 Å². The lowest BCUT2D eigenvalue weighted by atomic mass is 9.87. The van der Waals surface area contributed by atoms with Gasteiger partial charge in [0.15, 0.2) is 0 Å². The van der Waals surface area contributed by atoms with E-state index >= 15 is 0 Å². The van der Waals surface area contributed by atoms with Crippen LogP contribution < -0.4 is 9.62 Å². The van der Waals surface area contributed by atoms with Gasteiger partial charge in [0, 0.05) is 37.1 Å². The van der Waals surface area contributed by atoms with Crippen LogP contribution in [0.3, 0.4) is 0 Å². The van der Waals surface area contributed by atoms with E-state index in [1.54, 1.807) is 23.4 Å². The van der Waals surface area contributed by atoms with Crippen LogP contribution in [-0.2, 0) is 34.8 Å². The summed E-state index contributed by atoms with van der Waals surface area (Å²) in [7, 11) is -2.34. The molecule has 1 fully saturated rings. The molecule has 1 amide bonds. The third-order valence-corrected chi connectivity index (χ3v) is 10.3. The number of alkyl halides is 3. The monoisotopic (exact) mass is 628 g/mol. The van der Waals surface area contributed by atoms with Crippen molar-refractivity contribution in [1.82, 2.24) is 14.3 Å². The molecule has 12 heteroatoms. The SMILES string of the molecule is Cn1ccnc1CN(C(=O)[C@@H]1C[C@H]1C1C=CC(C(F)(F)F)=CC1)c1ccc2c(c1)[C@@H](NS(=O)(=O)c1ccccc1F)CCC2. The van der Waals surface area contributed by atoms with Crippen molar-refractivity contribution in [2.45, 2.75) is 55.8 Å². The molecule has 0 bridgehead atoms. The van der Waals surface area contributed by atoms with E-state index in [0.29, 0.717) is 24.4 Å². The molecule has 1 saturated carbocycles. The molecule has 0 radical (unpaired) electrons. The molecule has 6 rings (SSSR count). The number of allylic oxidation sites excluding steroid dienone is 4. The number of rotatable bonds is 8. The van der Waals surface area contributed by atoms with Gasteiger partial charge in [0.2, 0.25) is 15.9 Å². The first-order chi connectivity index (χ1) is 20.9. The molecule has 1 heterocycles. The number of nitrogens with one attached hydrogen (secondary N) is 1. The summed E-state index contributed by atoms with van der Waals surface area (Å²) in [6.07, 6.45) is 5.63. The zero-order valence-corrected chi connectivity index (χ0v) is 24.8. The van der Waals surface area contributed by atoms with E-state index in [1.807, 2.05) is 29.8 Å². The van der Waals surface area contributed by atoms with Gasteiger partial charge in [-0.3, -0.25) is 4.79 Å². The number of nitrogens with zero attached hydrogens (tertiary/aromatic N) is 3. The van der Waals surface area contributed by atoms with Crippen molar-refractivity contribution in [3.05, 3.63) is 101 Å². The molecule has 3 aromatic rings. The lowest BCUT2D eigenvalue weighted by Crippen LogP contribution is -2.35. The first kappa shape index (κ1) is 30.3. The average Bonchev–Trinajstić information content (AvgIpc) is 3.69. The minimum Gasteiger partial charge on any atom is -0.337 e. The van der Waals surface area contributed by atoms with E-state index in [2.05, 4.69) is 9.71 Å². The fraction of sp³-hybridized carbons (Fsp3) is 0.375. The molecule has 0 spiro atoms. The van der Waals surface area contributed by atoms with Gasteiger partial charge in [-0.25, -0.2) is 22.5 Å². The van der Waals surface area contributed by atoms with Gasteiger partial charge in [0.25, 0.3) is 0 Å². The Morgan fingerprint density at radius 3 is 2.66 bits per heavy atom. The summed E-state index contributed by atoms with van der Waals surface area (Å²) >= 11 is 0. The predicted octanol–water partition coefficient (Wildman–Crippen LogP) is 6.15. The molecule has 232 valence electrons. The Kier molecular flexibility index (Phi) is 8.00. The van der Waals surface area contributed by atoms with Crippen LogP contribution in [0.2, 0.25) is 0 Å². The van der Waals surface area contributed by atoms with Crippen LogP contribution in [0.25, 0.3) is 0 Å². The number of fused-ring (bicyclic) bond motifs is 1. The summed E-state index contributed by atoms with van der Waals surface area (Å²) in [6, 6.07) is 10.1. The molecule has 1 unspecified atom stereocenters. The zero-order chi connectivity index (χ0) is 31.2. The smallest absolute Gasteiger partial charge is 0.337 e. The molecule has 4 atom stereocenters. The van der Waals surface area contributed by atoms with E-state index < -0.39 is 38.5 Å². The van der Waals surface area contributed by atoms with Gasteiger partial charge in [-0.05, 0) is 79.3 Å². The lowest BCUT2D eigenvalue weighted by molar-refractivity contribution is -0.120. The molecule has 0 aliphatic heterocycles. The standard InChI is InChI=1S/C32H32F4N4O3S/c1-39-16-15-37-30(39)19-40(31(41)26-18-24(26)21-9-12-22(13-10-21)32(34,35)36)23-14-11-20-5-4-7-28(25(20)17-23)38-44(42,43)29-8-3-2-6-27(29)33/h2-3,6,8-9,11-17,21,24,26,28,38H,4-5,7,10,18-19H2,1H3/t21?,24-,26+,28-/m0/s1. The Labute approximate surface area is 253 Å². The van der Waals surface area contributed by atoms with Crippen LogP contribution in [0.5, 0.6) is 0 Å². The molecule has 1 N–H and O–H groups in total. The number of hydrogen-bond acceptors (Lipinski definition) is 4. The van der Waals surface area contributed by atoms with Gasteiger partial charge in [0.1, 0.15) is 16.5 Å². The highest BCUT2D eigenvalue weighted by Gasteiger charge is 2.49. The van der Waals surface area contributed by atoms with Gasteiger partial charge >= 0.3 is 6.18 Å². The van der Waals surface area contributed by atoms with Crippen LogP contribution in [0.4, 0.5) is 23.2 Å². The quantitative estimate of drug-likeness (QED) is 0.304. The van der Waals surface area contributed by atoms with Crippen molar-refractivity contribution in [3.63, 3.8) is 0 Å². The van der Waals surface area contributed by atoms with Crippen molar-refractivity contribution in [2.75, 3.05) is 4.90 Å². The van der Waals surface area contributed by atoms with E-state index in [1.165, 1.54) is 24.3 Å². The van der Waals surface area contributed by atoms with Crippen LogP contribution in [0.1, 0.15) is 48.7 Å². The first-order valence-corrected chi connectivity index (χ1v) is 16.0. The second-order valence-electron chi connectivity index (χ2n) is 11.7. The van der Waals surface area contributed by atoms with E-state index in [4.69, 9.17) is 0 Å². The molecule has 3 aliphatic carbocycles. The number of sulfonamides is 1. The molecule has 0 saturated heterocycles. The predicted molar refractivity (Wildman–Crippen MR) is 156 cm³/mol. The normalized spacial score (nSPS) is 23.2. The Morgan fingerprint density at radius 2 is 1.98 bits per heavy atom. The number of imidazole rings is 1. The second-order valence-corrected chi connectivity index (χ2v) is 13.4. The van der Waals surface area contributed by atoms with Gasteiger partial charge < -0.3 is 9.47 Å². The summed E-state index contributed by atoms with van der Waals surface area (Å²) in [5.41, 5.74) is 1.56. The maximum absolute atomic E-state index is 14.4. The third-order valence-electron chi connectivity index (χ3n) is 8.83. The maximum Gasteiger partial charge on any atom is 0.416 e. The number of hydrogen-bond donors (Lipinski definition) is 1. The average molecular weight is 629 g/mol.